The highest BCUT2D eigenvalue weighted by molar-refractivity contribution is 5.99. The normalized spacial score (nSPS) is 11.6. The lowest BCUT2D eigenvalue weighted by Gasteiger charge is -2.06. The maximum Gasteiger partial charge on any atom is 0.244 e. The summed E-state index contributed by atoms with van der Waals surface area (Å²) in [6.07, 6.45) is 0. The molecular weight excluding hydrogens is 228 g/mol. The summed E-state index contributed by atoms with van der Waals surface area (Å²) < 4.78 is 0. The summed E-state index contributed by atoms with van der Waals surface area (Å²) >= 11 is 0. The van der Waals surface area contributed by atoms with E-state index in [2.05, 4.69) is 20.3 Å². The first-order valence-electron chi connectivity index (χ1n) is 5.62. The molecule has 18 heavy (non-hydrogen) atoms. The van der Waals surface area contributed by atoms with E-state index < -0.39 is 0 Å². The lowest BCUT2D eigenvalue weighted by atomic mass is 10.2. The number of amidine groups is 1. The number of aliphatic imine (C=N–C) groups is 1. The van der Waals surface area contributed by atoms with E-state index in [1.807, 2.05) is 31.2 Å². The van der Waals surface area contributed by atoms with Crippen molar-refractivity contribution in [3.05, 3.63) is 30.0 Å². The molecule has 0 saturated carbocycles. The highest BCUT2D eigenvalue weighted by atomic mass is 16.1. The van der Waals surface area contributed by atoms with E-state index in [0.717, 1.165) is 16.6 Å². The van der Waals surface area contributed by atoms with E-state index in [1.54, 1.807) is 6.92 Å². The third kappa shape index (κ3) is 2.68. The number of aromatic nitrogens is 2. The van der Waals surface area contributed by atoms with E-state index in [0.29, 0.717) is 11.8 Å². The zero-order chi connectivity index (χ0) is 13.1. The van der Waals surface area contributed by atoms with Crippen molar-refractivity contribution >= 4 is 28.6 Å². The van der Waals surface area contributed by atoms with Crippen LogP contribution in [0.2, 0.25) is 0 Å². The molecule has 1 aromatic heterocycles. The summed E-state index contributed by atoms with van der Waals surface area (Å²) in [5, 5.41) is 3.93. The largest absolute Gasteiger partial charge is 0.312 e. The van der Waals surface area contributed by atoms with Crippen molar-refractivity contribution in [2.45, 2.75) is 20.8 Å². The molecule has 0 aliphatic heterocycles. The Balaban J connectivity index is 2.38. The van der Waals surface area contributed by atoms with Gasteiger partial charge in [-0.2, -0.15) is 0 Å². The lowest BCUT2D eigenvalue weighted by molar-refractivity contribution is -0.115. The van der Waals surface area contributed by atoms with Gasteiger partial charge in [0.25, 0.3) is 0 Å². The van der Waals surface area contributed by atoms with Crippen molar-refractivity contribution in [3.63, 3.8) is 0 Å². The average molecular weight is 242 g/mol. The number of aryl methyl sites for hydroxylation is 1. The Morgan fingerprint density at radius 3 is 2.67 bits per heavy atom. The number of para-hydroxylation sites is 1. The summed E-state index contributed by atoms with van der Waals surface area (Å²) in [7, 11) is 0. The van der Waals surface area contributed by atoms with Crippen LogP contribution >= 0.6 is 0 Å². The lowest BCUT2D eigenvalue weighted by Crippen LogP contribution is -2.12. The minimum absolute atomic E-state index is 0.252. The highest BCUT2D eigenvalue weighted by Crippen LogP contribution is 2.16. The highest BCUT2D eigenvalue weighted by Gasteiger charge is 2.04. The number of carbonyl (C=O) groups is 1. The van der Waals surface area contributed by atoms with Gasteiger partial charge in [0, 0.05) is 12.3 Å². The molecule has 0 fully saturated rings. The molecule has 0 atom stereocenters. The van der Waals surface area contributed by atoms with Crippen LogP contribution in [0.4, 0.5) is 5.95 Å². The van der Waals surface area contributed by atoms with Gasteiger partial charge in [0.1, 0.15) is 5.84 Å². The molecule has 0 radical (unpaired) electrons. The van der Waals surface area contributed by atoms with E-state index in [1.165, 1.54) is 6.92 Å². The summed E-state index contributed by atoms with van der Waals surface area (Å²) in [5.74, 6) is 0.684. The third-order valence-electron chi connectivity index (χ3n) is 2.41. The van der Waals surface area contributed by atoms with Gasteiger partial charge in [-0.25, -0.2) is 15.0 Å². The van der Waals surface area contributed by atoms with Crippen molar-refractivity contribution in [2.24, 2.45) is 4.99 Å². The van der Waals surface area contributed by atoms with Crippen molar-refractivity contribution < 1.29 is 4.79 Å². The van der Waals surface area contributed by atoms with Gasteiger partial charge in [0.05, 0.1) is 11.2 Å². The average Bonchev–Trinajstić information content (AvgIpc) is 2.27. The van der Waals surface area contributed by atoms with Gasteiger partial charge < -0.3 is 5.32 Å². The van der Waals surface area contributed by atoms with Gasteiger partial charge >= 0.3 is 0 Å². The van der Waals surface area contributed by atoms with Crippen molar-refractivity contribution in [1.82, 2.24) is 9.97 Å². The van der Waals surface area contributed by atoms with Crippen LogP contribution in [-0.2, 0) is 4.79 Å². The number of anilines is 1. The summed E-state index contributed by atoms with van der Waals surface area (Å²) in [4.78, 5) is 23.3. The number of nitrogens with zero attached hydrogens (tertiary/aromatic N) is 3. The van der Waals surface area contributed by atoms with Crippen LogP contribution < -0.4 is 5.32 Å². The quantitative estimate of drug-likeness (QED) is 0.615. The Morgan fingerprint density at radius 1 is 1.22 bits per heavy atom. The molecule has 1 aromatic carbocycles. The van der Waals surface area contributed by atoms with Gasteiger partial charge in [-0.3, -0.25) is 4.79 Å². The second-order valence-electron chi connectivity index (χ2n) is 3.99. The fourth-order valence-electron chi connectivity index (χ4n) is 1.72. The van der Waals surface area contributed by atoms with Gasteiger partial charge in [-0.05, 0) is 19.9 Å². The van der Waals surface area contributed by atoms with Crippen LogP contribution in [0, 0.1) is 6.92 Å². The smallest absolute Gasteiger partial charge is 0.244 e. The van der Waals surface area contributed by atoms with Gasteiger partial charge in [-0.1, -0.05) is 18.2 Å². The number of nitrogens with one attached hydrogen (secondary N) is 1. The number of amides is 1. The molecule has 1 amide bonds. The molecule has 92 valence electrons. The topological polar surface area (TPSA) is 67.2 Å². The number of rotatable bonds is 1. The molecule has 2 rings (SSSR count). The maximum atomic E-state index is 10.9. The van der Waals surface area contributed by atoms with Gasteiger partial charge in [0.15, 0.2) is 0 Å². The third-order valence-corrected chi connectivity index (χ3v) is 2.41. The van der Waals surface area contributed by atoms with E-state index in [-0.39, 0.29) is 5.91 Å². The Kier molecular flexibility index (Phi) is 3.32. The van der Waals surface area contributed by atoms with Gasteiger partial charge in [0.2, 0.25) is 11.9 Å². The molecule has 0 spiro atoms. The number of carbonyl (C=O) groups excluding carboxylic acids is 1. The molecule has 0 unspecified atom stereocenters. The molecule has 2 aromatic rings. The fourth-order valence-corrected chi connectivity index (χ4v) is 1.72. The second kappa shape index (κ2) is 4.91. The van der Waals surface area contributed by atoms with E-state index in [9.17, 15) is 4.79 Å². The molecule has 5 heteroatoms. The SMILES string of the molecule is CC(=O)/N=C(\C)Nc1nc(C)c2ccccc2n1. The molecule has 1 N–H and O–H groups in total. The van der Waals surface area contributed by atoms with Crippen molar-refractivity contribution in [1.29, 1.82) is 0 Å². The molecule has 1 heterocycles. The first-order valence-corrected chi connectivity index (χ1v) is 5.62. The Morgan fingerprint density at radius 2 is 1.94 bits per heavy atom. The Hall–Kier alpha value is -2.30. The predicted octanol–water partition coefficient (Wildman–Crippen LogP) is 2.32. The molecular formula is C13H14N4O. The van der Waals surface area contributed by atoms with Crippen LogP contribution in [0.5, 0.6) is 0 Å². The number of benzene rings is 1. The zero-order valence-electron chi connectivity index (χ0n) is 10.6. The zero-order valence-corrected chi connectivity index (χ0v) is 10.6. The van der Waals surface area contributed by atoms with Crippen LogP contribution in [-0.4, -0.2) is 21.7 Å². The van der Waals surface area contributed by atoms with Crippen molar-refractivity contribution in [2.75, 3.05) is 5.32 Å². The fraction of sp³-hybridized carbons (Fsp3) is 0.231. The number of hydrogen-bond acceptors (Lipinski definition) is 3. The Labute approximate surface area is 105 Å². The summed E-state index contributed by atoms with van der Waals surface area (Å²) in [6.45, 7) is 5.03. The van der Waals surface area contributed by atoms with Crippen LogP contribution in [0.3, 0.4) is 0 Å². The first-order chi connectivity index (χ1) is 8.56. The summed E-state index contributed by atoms with van der Waals surface area (Å²) in [5.41, 5.74) is 1.75. The first kappa shape index (κ1) is 12.2. The minimum atomic E-state index is -0.252. The van der Waals surface area contributed by atoms with Crippen LogP contribution in [0.25, 0.3) is 10.9 Å². The molecule has 0 bridgehead atoms. The molecule has 0 saturated heterocycles. The molecule has 0 aliphatic rings. The number of fused-ring (bicyclic) bond motifs is 1. The molecule has 5 nitrogen and oxygen atoms in total. The maximum absolute atomic E-state index is 10.9. The summed E-state index contributed by atoms with van der Waals surface area (Å²) in [6, 6.07) is 7.78. The second-order valence-corrected chi connectivity index (χ2v) is 3.99. The minimum Gasteiger partial charge on any atom is -0.312 e. The predicted molar refractivity (Wildman–Crippen MR) is 71.7 cm³/mol. The Bertz CT molecular complexity index is 634. The van der Waals surface area contributed by atoms with Crippen LogP contribution in [0.15, 0.2) is 29.3 Å². The standard InChI is InChI=1S/C13H14N4O/c1-8-11-6-4-5-7-12(11)17-13(14-8)16-9(2)15-10(3)18/h4-7H,1-3H3,(H,14,15,16,17,18). The number of hydrogen-bond donors (Lipinski definition) is 1. The van der Waals surface area contributed by atoms with Crippen LogP contribution in [0.1, 0.15) is 19.5 Å². The van der Waals surface area contributed by atoms with E-state index >= 15 is 0 Å². The monoisotopic (exact) mass is 242 g/mol. The van der Waals surface area contributed by atoms with Crippen molar-refractivity contribution in [3.8, 4) is 0 Å². The van der Waals surface area contributed by atoms with Gasteiger partial charge in [-0.15, -0.1) is 0 Å². The molecule has 0 aliphatic carbocycles. The van der Waals surface area contributed by atoms with E-state index in [4.69, 9.17) is 0 Å².